The lowest BCUT2D eigenvalue weighted by Gasteiger charge is -2.12. The van der Waals surface area contributed by atoms with Gasteiger partial charge in [0, 0.05) is 18.6 Å². The maximum Gasteiger partial charge on any atom is 0.271 e. The van der Waals surface area contributed by atoms with Crippen LogP contribution in [0.25, 0.3) is 0 Å². The van der Waals surface area contributed by atoms with Gasteiger partial charge in [-0.05, 0) is 24.7 Å². The maximum atomic E-state index is 11.8. The molecule has 0 aliphatic rings. The third-order valence-electron chi connectivity index (χ3n) is 3.40. The molecule has 2 N–H and O–H groups in total. The van der Waals surface area contributed by atoms with Gasteiger partial charge < -0.3 is 15.4 Å². The lowest BCUT2D eigenvalue weighted by Crippen LogP contribution is -2.34. The molecule has 0 radical (unpaired) electrons. The Morgan fingerprint density at radius 3 is 2.62 bits per heavy atom. The summed E-state index contributed by atoms with van der Waals surface area (Å²) in [4.78, 5) is 22.2. The third kappa shape index (κ3) is 6.91. The average Bonchev–Trinajstić information content (AvgIpc) is 2.54. The van der Waals surface area contributed by atoms with E-state index in [1.165, 1.54) is 31.7 Å². The fourth-order valence-corrected chi connectivity index (χ4v) is 2.36. The van der Waals surface area contributed by atoms with Gasteiger partial charge in [-0.1, -0.05) is 32.6 Å². The molecule has 1 aromatic carbocycles. The molecule has 0 heterocycles. The van der Waals surface area contributed by atoms with Gasteiger partial charge in [0.25, 0.3) is 5.69 Å². The van der Waals surface area contributed by atoms with E-state index in [9.17, 15) is 14.9 Å². The van der Waals surface area contributed by atoms with Crippen molar-refractivity contribution < 1.29 is 14.5 Å². The van der Waals surface area contributed by atoms with Crippen molar-refractivity contribution in [1.29, 1.82) is 0 Å². The van der Waals surface area contributed by atoms with Crippen LogP contribution in [0.2, 0.25) is 0 Å². The Bertz CT molecular complexity index is 593. The maximum absolute atomic E-state index is 11.8. The number of nitro groups is 1. The molecule has 0 bridgehead atoms. The van der Waals surface area contributed by atoms with Gasteiger partial charge in [0.1, 0.15) is 5.75 Å². The fourth-order valence-electron chi connectivity index (χ4n) is 2.14. The Morgan fingerprint density at radius 1 is 1.29 bits per heavy atom. The van der Waals surface area contributed by atoms with E-state index >= 15 is 0 Å². The number of carbonyl (C=O) groups is 1. The minimum absolute atomic E-state index is 0.0901. The summed E-state index contributed by atoms with van der Waals surface area (Å²) in [5.74, 6) is 0.227. The fraction of sp³-hybridized carbons (Fsp3) is 0.500. The normalized spacial score (nSPS) is 10.1. The minimum Gasteiger partial charge on any atom is -0.495 e. The second-order valence-corrected chi connectivity index (χ2v) is 5.72. The first-order valence-corrected chi connectivity index (χ1v) is 8.32. The highest BCUT2D eigenvalue weighted by atomic mass is 32.1. The molecule has 0 saturated carbocycles. The highest BCUT2D eigenvalue weighted by molar-refractivity contribution is 7.80. The molecule has 0 aliphatic heterocycles. The monoisotopic (exact) mass is 353 g/mol. The topological polar surface area (TPSA) is 93.5 Å². The van der Waals surface area contributed by atoms with Crippen molar-refractivity contribution in [3.8, 4) is 5.75 Å². The van der Waals surface area contributed by atoms with Crippen LogP contribution in [0, 0.1) is 10.1 Å². The number of nitrogens with zero attached hydrogens (tertiary/aromatic N) is 1. The van der Waals surface area contributed by atoms with Gasteiger partial charge >= 0.3 is 0 Å². The van der Waals surface area contributed by atoms with Crippen molar-refractivity contribution in [3.05, 3.63) is 28.3 Å². The first-order chi connectivity index (χ1) is 11.5. The quantitative estimate of drug-likeness (QED) is 0.304. The van der Waals surface area contributed by atoms with Crippen molar-refractivity contribution in [2.45, 2.75) is 45.4 Å². The van der Waals surface area contributed by atoms with Crippen molar-refractivity contribution in [2.24, 2.45) is 0 Å². The van der Waals surface area contributed by atoms with Gasteiger partial charge in [0.15, 0.2) is 5.11 Å². The summed E-state index contributed by atoms with van der Waals surface area (Å²) in [5.41, 5.74) is 0.239. The zero-order valence-electron chi connectivity index (χ0n) is 14.0. The molecule has 0 unspecified atom stereocenters. The van der Waals surface area contributed by atoms with Crippen LogP contribution < -0.4 is 15.4 Å². The molecule has 132 valence electrons. The van der Waals surface area contributed by atoms with Gasteiger partial charge in [-0.3, -0.25) is 14.9 Å². The minimum atomic E-state index is -0.511. The summed E-state index contributed by atoms with van der Waals surface area (Å²) in [7, 11) is 1.45. The van der Waals surface area contributed by atoms with Crippen LogP contribution in [0.5, 0.6) is 5.75 Å². The Morgan fingerprint density at radius 2 is 2.00 bits per heavy atom. The van der Waals surface area contributed by atoms with Gasteiger partial charge in [-0.25, -0.2) is 0 Å². The van der Waals surface area contributed by atoms with Gasteiger partial charge in [-0.2, -0.15) is 0 Å². The van der Waals surface area contributed by atoms with Crippen LogP contribution in [0.15, 0.2) is 18.2 Å². The van der Waals surface area contributed by atoms with Gasteiger partial charge in [0.05, 0.1) is 17.7 Å². The highest BCUT2D eigenvalue weighted by Crippen LogP contribution is 2.28. The number of benzene rings is 1. The van der Waals surface area contributed by atoms with Crippen LogP contribution in [0.4, 0.5) is 11.4 Å². The zero-order chi connectivity index (χ0) is 17.9. The van der Waals surface area contributed by atoms with E-state index in [1.807, 2.05) is 0 Å². The molecule has 8 heteroatoms. The summed E-state index contributed by atoms with van der Waals surface area (Å²) in [5, 5.41) is 16.3. The van der Waals surface area contributed by atoms with E-state index in [1.54, 1.807) is 0 Å². The summed E-state index contributed by atoms with van der Waals surface area (Å²) in [6.07, 6.45) is 5.68. The molecule has 0 aromatic heterocycles. The van der Waals surface area contributed by atoms with Crippen molar-refractivity contribution in [3.63, 3.8) is 0 Å². The number of non-ortho nitro benzene ring substituents is 1. The molecule has 24 heavy (non-hydrogen) atoms. The number of thiocarbonyl (C=S) groups is 1. The SMILES string of the molecule is CCCCCCCC(=O)NC(=S)Nc1cc([N+](=O)[O-])ccc1OC. The molecular weight excluding hydrogens is 330 g/mol. The van der Waals surface area contributed by atoms with E-state index in [2.05, 4.69) is 17.6 Å². The summed E-state index contributed by atoms with van der Waals surface area (Å²) in [6.45, 7) is 2.14. The average molecular weight is 353 g/mol. The zero-order valence-corrected chi connectivity index (χ0v) is 14.8. The van der Waals surface area contributed by atoms with Gasteiger partial charge in [0.2, 0.25) is 5.91 Å². The molecular formula is C16H23N3O4S. The van der Waals surface area contributed by atoms with E-state index in [4.69, 9.17) is 17.0 Å². The summed E-state index contributed by atoms with van der Waals surface area (Å²) < 4.78 is 5.13. The van der Waals surface area contributed by atoms with Crippen molar-refractivity contribution in [1.82, 2.24) is 5.32 Å². The number of nitro benzene ring substituents is 1. The summed E-state index contributed by atoms with van der Waals surface area (Å²) >= 11 is 5.08. The third-order valence-corrected chi connectivity index (χ3v) is 3.61. The second-order valence-electron chi connectivity index (χ2n) is 5.31. The standard InChI is InChI=1S/C16H23N3O4S/c1-3-4-5-6-7-8-15(20)18-16(24)17-13-11-12(19(21)22)9-10-14(13)23-2/h9-11H,3-8H2,1-2H3,(H2,17,18,20,24). The Balaban J connectivity index is 2.53. The molecule has 7 nitrogen and oxygen atoms in total. The lowest BCUT2D eigenvalue weighted by atomic mass is 10.1. The molecule has 0 atom stereocenters. The molecule has 0 aliphatic carbocycles. The number of carbonyl (C=O) groups excluding carboxylic acids is 1. The number of hydrogen-bond acceptors (Lipinski definition) is 5. The van der Waals surface area contributed by atoms with E-state index in [0.29, 0.717) is 17.9 Å². The van der Waals surface area contributed by atoms with Crippen LogP contribution >= 0.6 is 12.2 Å². The van der Waals surface area contributed by atoms with Gasteiger partial charge in [-0.15, -0.1) is 0 Å². The molecule has 1 rings (SSSR count). The summed E-state index contributed by atoms with van der Waals surface area (Å²) in [6, 6.07) is 4.11. The number of unbranched alkanes of at least 4 members (excludes halogenated alkanes) is 4. The predicted octanol–water partition coefficient (Wildman–Crippen LogP) is 3.78. The first-order valence-electron chi connectivity index (χ1n) is 7.91. The van der Waals surface area contributed by atoms with Crippen molar-refractivity contribution >= 4 is 34.6 Å². The number of rotatable bonds is 9. The number of methoxy groups -OCH3 is 1. The number of ether oxygens (including phenoxy) is 1. The number of anilines is 1. The molecule has 1 amide bonds. The Labute approximate surface area is 146 Å². The highest BCUT2D eigenvalue weighted by Gasteiger charge is 2.13. The predicted molar refractivity (Wildman–Crippen MR) is 97.4 cm³/mol. The lowest BCUT2D eigenvalue weighted by molar-refractivity contribution is -0.384. The van der Waals surface area contributed by atoms with Crippen LogP contribution in [-0.2, 0) is 4.79 Å². The van der Waals surface area contributed by atoms with Crippen LogP contribution in [-0.4, -0.2) is 23.1 Å². The first kappa shape index (κ1) is 19.8. The van der Waals surface area contributed by atoms with Crippen molar-refractivity contribution in [2.75, 3.05) is 12.4 Å². The molecule has 1 aromatic rings. The Kier molecular flexibility index (Phi) is 8.70. The molecule has 0 saturated heterocycles. The Hall–Kier alpha value is -2.22. The smallest absolute Gasteiger partial charge is 0.271 e. The molecule has 0 spiro atoms. The van der Waals surface area contributed by atoms with Crippen LogP contribution in [0.3, 0.4) is 0 Å². The largest absolute Gasteiger partial charge is 0.495 e. The van der Waals surface area contributed by atoms with Crippen LogP contribution in [0.1, 0.15) is 45.4 Å². The van der Waals surface area contributed by atoms with E-state index in [-0.39, 0.29) is 16.7 Å². The number of amides is 1. The van der Waals surface area contributed by atoms with E-state index < -0.39 is 4.92 Å². The van der Waals surface area contributed by atoms with E-state index in [0.717, 1.165) is 25.7 Å². The second kappa shape index (κ2) is 10.5. The number of hydrogen-bond donors (Lipinski definition) is 2. The number of nitrogens with one attached hydrogen (secondary N) is 2. The molecule has 0 fully saturated rings.